The van der Waals surface area contributed by atoms with E-state index in [1.54, 1.807) is 0 Å². The molecule has 8 nitrogen and oxygen atoms in total. The first kappa shape index (κ1) is 20.3. The smallest absolute Gasteiger partial charge is 0.220 e. The van der Waals surface area contributed by atoms with Gasteiger partial charge in [0.1, 0.15) is 17.4 Å². The minimum absolute atomic E-state index is 0.0805. The third-order valence-corrected chi connectivity index (χ3v) is 7.73. The number of nitrogens with one attached hydrogen (secondary N) is 1. The first-order valence-electron chi connectivity index (χ1n) is 12.4. The molecule has 1 aliphatic carbocycles. The van der Waals surface area contributed by atoms with Crippen molar-refractivity contribution in [3.63, 3.8) is 0 Å². The van der Waals surface area contributed by atoms with Crippen LogP contribution in [0.2, 0.25) is 0 Å². The molecule has 1 N–H and O–H groups in total. The highest BCUT2D eigenvalue weighted by molar-refractivity contribution is 5.88. The molecule has 6 heterocycles. The van der Waals surface area contributed by atoms with E-state index in [9.17, 15) is 4.79 Å². The van der Waals surface area contributed by atoms with Gasteiger partial charge in [-0.3, -0.25) is 9.78 Å². The molecule has 176 valence electrons. The standard InChI is InChI=1S/C26H29N5O3/c1-15(17-8-25(32)28-10-17)33-24-7-16(6-23-26(24)31(14-29-23)18-2-3-18)22-5-4-19(11-27-22)30-12-20-9-21(13-30)34-20/h4-7,11,14-15,17-18,20-21H,2-3,8-10,12-13H2,1H3,(H,28,32)/t15-,17-,20?,21?/m1/s1. The first-order valence-corrected chi connectivity index (χ1v) is 12.4. The lowest BCUT2D eigenvalue weighted by Gasteiger charge is -2.47. The summed E-state index contributed by atoms with van der Waals surface area (Å²) in [7, 11) is 0. The van der Waals surface area contributed by atoms with Crippen molar-refractivity contribution in [3.05, 3.63) is 36.8 Å². The molecule has 34 heavy (non-hydrogen) atoms. The lowest BCUT2D eigenvalue weighted by atomic mass is 9.98. The molecule has 2 aromatic heterocycles. The molecule has 1 aromatic carbocycles. The molecule has 4 saturated heterocycles. The summed E-state index contributed by atoms with van der Waals surface area (Å²) >= 11 is 0. The second-order valence-corrected chi connectivity index (χ2v) is 10.2. The Balaban J connectivity index is 1.21. The molecular formula is C26H29N5O3. The number of carbonyl (C=O) groups excluding carboxylic acids is 1. The van der Waals surface area contributed by atoms with Gasteiger partial charge in [-0.05, 0) is 44.0 Å². The van der Waals surface area contributed by atoms with E-state index in [0.717, 1.165) is 46.8 Å². The molecule has 1 saturated carbocycles. The molecule has 8 heteroatoms. The van der Waals surface area contributed by atoms with Crippen LogP contribution in [0.1, 0.15) is 38.6 Å². The first-order chi connectivity index (χ1) is 16.6. The van der Waals surface area contributed by atoms with Gasteiger partial charge in [0, 0.05) is 50.0 Å². The van der Waals surface area contributed by atoms with Gasteiger partial charge in [0.2, 0.25) is 5.91 Å². The minimum Gasteiger partial charge on any atom is -0.488 e. The molecule has 8 rings (SSSR count). The highest BCUT2D eigenvalue weighted by Gasteiger charge is 2.38. The third kappa shape index (κ3) is 3.52. The van der Waals surface area contributed by atoms with E-state index in [1.165, 1.54) is 19.3 Å². The number of rotatable bonds is 6. The zero-order valence-corrected chi connectivity index (χ0v) is 19.3. The van der Waals surface area contributed by atoms with Gasteiger partial charge in [-0.25, -0.2) is 4.98 Å². The number of benzene rings is 1. The maximum Gasteiger partial charge on any atom is 0.220 e. The molecule has 4 aliphatic heterocycles. The van der Waals surface area contributed by atoms with Gasteiger partial charge in [-0.15, -0.1) is 0 Å². The van der Waals surface area contributed by atoms with E-state index in [4.69, 9.17) is 19.4 Å². The van der Waals surface area contributed by atoms with Crippen LogP contribution >= 0.6 is 0 Å². The Morgan fingerprint density at radius 1 is 1.18 bits per heavy atom. The zero-order valence-electron chi connectivity index (χ0n) is 19.3. The number of ether oxygens (including phenoxy) is 2. The summed E-state index contributed by atoms with van der Waals surface area (Å²) in [6.45, 7) is 4.60. The minimum atomic E-state index is -0.0805. The number of pyridine rings is 1. The summed E-state index contributed by atoms with van der Waals surface area (Å²) < 4.78 is 14.5. The van der Waals surface area contributed by atoms with Crippen molar-refractivity contribution in [1.82, 2.24) is 19.9 Å². The number of carbonyl (C=O) groups is 1. The van der Waals surface area contributed by atoms with E-state index in [-0.39, 0.29) is 17.9 Å². The number of hydrogen-bond acceptors (Lipinski definition) is 6. The molecule has 3 aromatic rings. The fourth-order valence-electron chi connectivity index (χ4n) is 5.57. The molecule has 5 fully saturated rings. The molecule has 5 aliphatic rings. The van der Waals surface area contributed by atoms with Crippen LogP contribution < -0.4 is 15.0 Å². The molecule has 4 atom stereocenters. The van der Waals surface area contributed by atoms with Crippen molar-refractivity contribution >= 4 is 22.6 Å². The number of nitrogens with zero attached hydrogens (tertiary/aromatic N) is 4. The topological polar surface area (TPSA) is 81.5 Å². The van der Waals surface area contributed by atoms with Crippen LogP contribution in [-0.4, -0.2) is 58.4 Å². The number of fused-ring (bicyclic) bond motifs is 3. The van der Waals surface area contributed by atoms with Gasteiger partial charge >= 0.3 is 0 Å². The zero-order chi connectivity index (χ0) is 22.8. The highest BCUT2D eigenvalue weighted by atomic mass is 16.5. The number of imidazole rings is 1. The van der Waals surface area contributed by atoms with Crippen molar-refractivity contribution in [2.45, 2.75) is 57.0 Å². The molecule has 2 unspecified atom stereocenters. The van der Waals surface area contributed by atoms with E-state index in [2.05, 4.69) is 46.0 Å². The number of morpholine rings is 1. The van der Waals surface area contributed by atoms with Gasteiger partial charge in [0.05, 0.1) is 41.6 Å². The second-order valence-electron chi connectivity index (χ2n) is 10.2. The summed E-state index contributed by atoms with van der Waals surface area (Å²) in [6, 6.07) is 8.94. The highest BCUT2D eigenvalue weighted by Crippen LogP contribution is 2.41. The van der Waals surface area contributed by atoms with E-state index in [1.807, 2.05) is 12.5 Å². The van der Waals surface area contributed by atoms with Crippen LogP contribution in [0.25, 0.3) is 22.3 Å². The maximum absolute atomic E-state index is 11.7. The Hall–Kier alpha value is -3.13. The van der Waals surface area contributed by atoms with E-state index < -0.39 is 0 Å². The number of amides is 1. The molecule has 2 bridgehead atoms. The second kappa shape index (κ2) is 7.70. The number of hydrogen-bond donors (Lipinski definition) is 1. The number of anilines is 1. The third-order valence-electron chi connectivity index (χ3n) is 7.73. The van der Waals surface area contributed by atoms with Gasteiger partial charge < -0.3 is 24.3 Å². The molecule has 0 radical (unpaired) electrons. The van der Waals surface area contributed by atoms with Crippen molar-refractivity contribution in [2.75, 3.05) is 24.5 Å². The van der Waals surface area contributed by atoms with E-state index in [0.29, 0.717) is 31.2 Å². The summed E-state index contributed by atoms with van der Waals surface area (Å²) in [5, 5.41) is 2.92. The molecule has 0 spiro atoms. The average molecular weight is 460 g/mol. The molecular weight excluding hydrogens is 430 g/mol. The van der Waals surface area contributed by atoms with Gasteiger partial charge in [0.25, 0.3) is 0 Å². The summed E-state index contributed by atoms with van der Waals surface area (Å²) in [6.07, 6.45) is 8.61. The maximum atomic E-state index is 11.7. The van der Waals surface area contributed by atoms with Crippen LogP contribution in [-0.2, 0) is 9.53 Å². The number of aromatic nitrogens is 3. The fourth-order valence-corrected chi connectivity index (χ4v) is 5.57. The SMILES string of the molecule is C[C@@H](Oc1cc(-c2ccc(N3CC4CC(C3)O4)cn2)cc2ncn(C3CC3)c12)[C@H]1CNC(=O)C1. The largest absolute Gasteiger partial charge is 0.488 e. The van der Waals surface area contributed by atoms with Crippen LogP contribution in [0.4, 0.5) is 5.69 Å². The lowest BCUT2D eigenvalue weighted by molar-refractivity contribution is -0.133. The fraction of sp³-hybridized carbons (Fsp3) is 0.500. The molecule has 1 amide bonds. The van der Waals surface area contributed by atoms with Crippen LogP contribution in [0.15, 0.2) is 36.8 Å². The van der Waals surface area contributed by atoms with E-state index >= 15 is 0 Å². The normalized spacial score (nSPS) is 26.9. The summed E-state index contributed by atoms with van der Waals surface area (Å²) in [4.78, 5) is 23.6. The van der Waals surface area contributed by atoms with Gasteiger partial charge in [0.15, 0.2) is 0 Å². The average Bonchev–Trinajstić information content (AvgIpc) is 3.44. The van der Waals surface area contributed by atoms with Gasteiger partial charge in [-0.1, -0.05) is 0 Å². The van der Waals surface area contributed by atoms with Crippen molar-refractivity contribution in [3.8, 4) is 17.0 Å². The summed E-state index contributed by atoms with van der Waals surface area (Å²) in [5.74, 6) is 1.09. The monoisotopic (exact) mass is 459 g/mol. The Bertz CT molecular complexity index is 1240. The van der Waals surface area contributed by atoms with Crippen LogP contribution in [0.5, 0.6) is 5.75 Å². The Morgan fingerprint density at radius 3 is 2.68 bits per heavy atom. The Labute approximate surface area is 198 Å². The van der Waals surface area contributed by atoms with Gasteiger partial charge in [-0.2, -0.15) is 0 Å². The van der Waals surface area contributed by atoms with Crippen LogP contribution in [0.3, 0.4) is 0 Å². The lowest BCUT2D eigenvalue weighted by Crippen LogP contribution is -2.57. The van der Waals surface area contributed by atoms with Crippen molar-refractivity contribution in [1.29, 1.82) is 0 Å². The Morgan fingerprint density at radius 2 is 2.00 bits per heavy atom. The van der Waals surface area contributed by atoms with Crippen molar-refractivity contribution in [2.24, 2.45) is 5.92 Å². The summed E-state index contributed by atoms with van der Waals surface area (Å²) in [5.41, 5.74) is 5.00. The Kier molecular flexibility index (Phi) is 4.59. The predicted molar refractivity (Wildman–Crippen MR) is 128 cm³/mol. The van der Waals surface area contributed by atoms with Crippen molar-refractivity contribution < 1.29 is 14.3 Å². The predicted octanol–water partition coefficient (Wildman–Crippen LogP) is 3.31. The number of piperidine rings is 1. The van der Waals surface area contributed by atoms with Crippen LogP contribution in [0, 0.1) is 5.92 Å². The quantitative estimate of drug-likeness (QED) is 0.609.